The zero-order chi connectivity index (χ0) is 40.1. The largest absolute Gasteiger partial charge is 0.465 e. The summed E-state index contributed by atoms with van der Waals surface area (Å²) in [6.07, 6.45) is 0.296. The Hall–Kier alpha value is -3.05. The number of rotatable bonds is 14. The summed E-state index contributed by atoms with van der Waals surface area (Å²) >= 11 is 1.40. The van der Waals surface area contributed by atoms with E-state index in [9.17, 15) is 28.8 Å². The summed E-state index contributed by atoms with van der Waals surface area (Å²) in [6, 6.07) is -0.259. The molecule has 15 nitrogen and oxygen atoms in total. The fraction of sp³-hybridized carbons (Fsp3) is 0.795. The van der Waals surface area contributed by atoms with Crippen molar-refractivity contribution >= 4 is 47.4 Å². The Balaban J connectivity index is 1.24. The number of hydrogen-bond acceptors (Lipinski definition) is 14. The third-order valence-corrected chi connectivity index (χ3v) is 13.8. The average Bonchev–Trinajstić information content (AvgIpc) is 3.85. The Labute approximate surface area is 326 Å². The lowest BCUT2D eigenvalue weighted by Gasteiger charge is -2.58. The molecule has 0 aromatic carbocycles. The molecule has 3 aliphatic heterocycles. The predicted octanol–water partition coefficient (Wildman–Crippen LogP) is 3.00. The molecular formula is C39H56N2O13S. The maximum absolute atomic E-state index is 13.0. The molecule has 1 unspecified atom stereocenters. The maximum atomic E-state index is 13.0. The highest BCUT2D eigenvalue weighted by Gasteiger charge is 2.87. The number of likely N-dealkylation sites (tertiary alicyclic amines) is 1. The van der Waals surface area contributed by atoms with Gasteiger partial charge in [0, 0.05) is 59.1 Å². The SMILES string of the molecule is CCSC1CC(=O)N(CC(=O)NC2CCC(OC)(O[C@@H]3[C@@H](OC(C)=O)[C@]4(C)[C@@]5(COC(C)=O)C[C@H](OC(=O)CC(C)C)C(C)=C[C@H]5O[C@H]3[C@@]43CO3)CC2)C1=O. The molecule has 9 atom stereocenters. The number of esters is 3. The number of nitrogens with zero attached hydrogens (tertiary/aromatic N) is 1. The minimum atomic E-state index is -1.15. The van der Waals surface area contributed by atoms with Crippen molar-refractivity contribution in [1.29, 1.82) is 0 Å². The highest BCUT2D eigenvalue weighted by Crippen LogP contribution is 2.73. The number of thioether (sulfide) groups is 1. The van der Waals surface area contributed by atoms with E-state index in [0.717, 1.165) is 10.5 Å². The minimum absolute atomic E-state index is 0.0899. The van der Waals surface area contributed by atoms with Gasteiger partial charge in [-0.25, -0.2) is 0 Å². The van der Waals surface area contributed by atoms with Gasteiger partial charge in [0.15, 0.2) is 5.79 Å². The number of imide groups is 1. The van der Waals surface area contributed by atoms with Crippen molar-refractivity contribution in [2.75, 3.05) is 32.6 Å². The van der Waals surface area contributed by atoms with Crippen molar-refractivity contribution in [1.82, 2.24) is 10.2 Å². The molecule has 2 saturated carbocycles. The van der Waals surface area contributed by atoms with Crippen LogP contribution in [0.3, 0.4) is 0 Å². The molecule has 2 bridgehead atoms. The molecule has 3 amide bonds. The van der Waals surface area contributed by atoms with E-state index in [0.29, 0.717) is 31.4 Å². The van der Waals surface area contributed by atoms with Crippen molar-refractivity contribution in [3.05, 3.63) is 11.6 Å². The van der Waals surface area contributed by atoms with Crippen LogP contribution in [0.5, 0.6) is 0 Å². The quantitative estimate of drug-likeness (QED) is 0.0676. The van der Waals surface area contributed by atoms with E-state index in [1.165, 1.54) is 25.6 Å². The number of amides is 3. The number of carbonyl (C=O) groups excluding carboxylic acids is 6. The third kappa shape index (κ3) is 7.46. The van der Waals surface area contributed by atoms with Gasteiger partial charge in [0.25, 0.3) is 0 Å². The van der Waals surface area contributed by atoms with E-state index in [1.54, 1.807) is 7.11 Å². The normalized spacial score (nSPS) is 39.1. The highest BCUT2D eigenvalue weighted by molar-refractivity contribution is 8.00. The van der Waals surface area contributed by atoms with E-state index in [1.807, 2.05) is 40.7 Å². The topological polar surface area (TPSA) is 186 Å². The number of nitrogens with one attached hydrogen (secondary N) is 1. The Bertz CT molecular complexity index is 1590. The summed E-state index contributed by atoms with van der Waals surface area (Å²) in [5.41, 5.74) is -2.32. The van der Waals surface area contributed by atoms with Crippen molar-refractivity contribution < 1.29 is 61.9 Å². The van der Waals surface area contributed by atoms with Gasteiger partial charge in [-0.05, 0) is 37.0 Å². The van der Waals surface area contributed by atoms with Gasteiger partial charge in [-0.2, -0.15) is 0 Å². The molecule has 3 saturated heterocycles. The second-order valence-corrected chi connectivity index (χ2v) is 18.0. The van der Waals surface area contributed by atoms with Crippen molar-refractivity contribution in [2.45, 2.75) is 147 Å². The Morgan fingerprint density at radius 1 is 1.09 bits per heavy atom. The van der Waals surface area contributed by atoms with Gasteiger partial charge in [-0.3, -0.25) is 33.7 Å². The van der Waals surface area contributed by atoms with Crippen LogP contribution in [0.1, 0.15) is 93.4 Å². The number of fused-ring (bicyclic) bond motifs is 2. The van der Waals surface area contributed by atoms with Crippen molar-refractivity contribution in [2.24, 2.45) is 16.7 Å². The maximum Gasteiger partial charge on any atom is 0.306 e. The van der Waals surface area contributed by atoms with Crippen LogP contribution < -0.4 is 5.32 Å². The summed E-state index contributed by atoms with van der Waals surface area (Å²) in [4.78, 5) is 77.7. The van der Waals surface area contributed by atoms with Crippen LogP contribution in [-0.4, -0.2) is 126 Å². The lowest BCUT2D eigenvalue weighted by molar-refractivity contribution is -0.288. The number of hydrogen-bond donors (Lipinski definition) is 1. The Morgan fingerprint density at radius 2 is 1.78 bits per heavy atom. The molecule has 5 fully saturated rings. The van der Waals surface area contributed by atoms with Gasteiger partial charge in [0.05, 0.1) is 28.8 Å². The highest BCUT2D eigenvalue weighted by atomic mass is 32.2. The fourth-order valence-electron chi connectivity index (χ4n) is 9.74. The number of methoxy groups -OCH3 is 1. The van der Waals surface area contributed by atoms with E-state index in [2.05, 4.69) is 5.32 Å². The number of epoxide rings is 1. The van der Waals surface area contributed by atoms with Crippen molar-refractivity contribution in [3.63, 3.8) is 0 Å². The molecule has 55 heavy (non-hydrogen) atoms. The van der Waals surface area contributed by atoms with E-state index >= 15 is 0 Å². The summed E-state index contributed by atoms with van der Waals surface area (Å²) < 4.78 is 44.5. The smallest absolute Gasteiger partial charge is 0.306 e. The van der Waals surface area contributed by atoms with Crippen LogP contribution in [0.4, 0.5) is 0 Å². The molecule has 0 radical (unpaired) electrons. The van der Waals surface area contributed by atoms with Gasteiger partial charge in [0.1, 0.15) is 43.2 Å². The lowest BCUT2D eigenvalue weighted by Crippen LogP contribution is -2.68. The molecule has 1 spiro atoms. The predicted molar refractivity (Wildman–Crippen MR) is 196 cm³/mol. The zero-order valence-corrected chi connectivity index (χ0v) is 34.0. The number of carbonyl (C=O) groups is 6. The Kier molecular flexibility index (Phi) is 11.9. The van der Waals surface area contributed by atoms with Gasteiger partial charge in [0.2, 0.25) is 17.7 Å². The lowest BCUT2D eigenvalue weighted by atomic mass is 9.51. The van der Waals surface area contributed by atoms with Gasteiger partial charge < -0.3 is 38.5 Å². The molecule has 0 aromatic heterocycles. The van der Waals surface area contributed by atoms with Crippen LogP contribution in [0.25, 0.3) is 0 Å². The zero-order valence-electron chi connectivity index (χ0n) is 33.1. The van der Waals surface area contributed by atoms with E-state index in [-0.39, 0.29) is 68.8 Å². The molecule has 16 heteroatoms. The van der Waals surface area contributed by atoms with Crippen LogP contribution in [0.15, 0.2) is 11.6 Å². The van der Waals surface area contributed by atoms with E-state index in [4.69, 9.17) is 33.2 Å². The van der Waals surface area contributed by atoms with Crippen LogP contribution in [0, 0.1) is 16.7 Å². The second kappa shape index (κ2) is 15.7. The van der Waals surface area contributed by atoms with Crippen molar-refractivity contribution in [3.8, 4) is 0 Å². The summed E-state index contributed by atoms with van der Waals surface area (Å²) in [5.74, 6) is -2.85. The van der Waals surface area contributed by atoms with Gasteiger partial charge in [-0.15, -0.1) is 11.8 Å². The molecule has 1 N–H and O–H groups in total. The van der Waals surface area contributed by atoms with Gasteiger partial charge in [-0.1, -0.05) is 33.8 Å². The van der Waals surface area contributed by atoms with Crippen LogP contribution >= 0.6 is 11.8 Å². The molecule has 6 rings (SSSR count). The Morgan fingerprint density at radius 3 is 2.36 bits per heavy atom. The fourth-order valence-corrected chi connectivity index (χ4v) is 10.7. The molecule has 3 heterocycles. The summed E-state index contributed by atoms with van der Waals surface area (Å²) in [5, 5.41) is 2.53. The average molecular weight is 793 g/mol. The molecular weight excluding hydrogens is 736 g/mol. The van der Waals surface area contributed by atoms with Crippen LogP contribution in [-0.2, 0) is 61.9 Å². The third-order valence-electron chi connectivity index (χ3n) is 12.7. The van der Waals surface area contributed by atoms with E-state index < -0.39 is 75.8 Å². The summed E-state index contributed by atoms with van der Waals surface area (Å²) in [7, 11) is 1.55. The first-order valence-electron chi connectivity index (χ1n) is 19.4. The first kappa shape index (κ1) is 41.6. The standard InChI is InChI=1S/C39H56N2O13S/c1-9-55-27-16-30(45)41(35(27)47)18-29(44)40-25-10-12-38(48-8,13-11-25)54-32-33(51-24(6)43)36(7)37(19-49-23(5)42)17-26(52-31(46)14-21(2)3)22(4)15-28(37)53-34(32)39(36)20-50-39/h15,21,25-28,32-34H,9-14,16-20H2,1-8H3,(H,40,44)/t25?,26-,27?,28+,32+,33+,34+,36+,37+,38?,39-/m0/s1. The first-order valence-corrected chi connectivity index (χ1v) is 20.5. The molecule has 306 valence electrons. The molecule has 0 aromatic rings. The first-order chi connectivity index (χ1) is 25.9. The second-order valence-electron chi connectivity index (χ2n) is 16.5. The monoisotopic (exact) mass is 792 g/mol. The molecule has 6 aliphatic rings. The number of ether oxygens (including phenoxy) is 7. The minimum Gasteiger partial charge on any atom is -0.465 e. The van der Waals surface area contributed by atoms with Gasteiger partial charge >= 0.3 is 17.9 Å². The summed E-state index contributed by atoms with van der Waals surface area (Å²) in [6.45, 7) is 12.1. The molecule has 3 aliphatic carbocycles. The van der Waals surface area contributed by atoms with Crippen LogP contribution in [0.2, 0.25) is 0 Å².